The molecule has 0 bridgehead atoms. The van der Waals surface area contributed by atoms with Gasteiger partial charge in [-0.1, -0.05) is 35.9 Å². The number of rotatable bonds is 6. The minimum Gasteiger partial charge on any atom is -0.488 e. The van der Waals surface area contributed by atoms with E-state index in [1.165, 1.54) is 11.1 Å². The third-order valence-electron chi connectivity index (χ3n) is 5.30. The van der Waals surface area contributed by atoms with E-state index in [1.807, 2.05) is 19.1 Å². The van der Waals surface area contributed by atoms with Gasteiger partial charge in [-0.3, -0.25) is 4.79 Å². The summed E-state index contributed by atoms with van der Waals surface area (Å²) in [4.78, 5) is 16.8. The first-order valence-electron chi connectivity index (χ1n) is 9.50. The summed E-state index contributed by atoms with van der Waals surface area (Å²) >= 11 is 1.67. The summed E-state index contributed by atoms with van der Waals surface area (Å²) in [6.07, 6.45) is 2.02. The van der Waals surface area contributed by atoms with Gasteiger partial charge in [0.05, 0.1) is 17.0 Å². The van der Waals surface area contributed by atoms with E-state index in [0.717, 1.165) is 45.3 Å². The van der Waals surface area contributed by atoms with E-state index in [0.29, 0.717) is 6.61 Å². The van der Waals surface area contributed by atoms with Crippen molar-refractivity contribution in [3.05, 3.63) is 69.7 Å². The van der Waals surface area contributed by atoms with Crippen molar-refractivity contribution in [2.45, 2.75) is 45.6 Å². The Morgan fingerprint density at radius 1 is 1.21 bits per heavy atom. The lowest BCUT2D eigenvalue weighted by molar-refractivity contribution is -0.137. The Balaban J connectivity index is 1.45. The van der Waals surface area contributed by atoms with Gasteiger partial charge in [0.25, 0.3) is 0 Å². The monoisotopic (exact) mass is 393 g/mol. The second-order valence-electron chi connectivity index (χ2n) is 7.38. The molecule has 144 valence electrons. The molecule has 1 aliphatic rings. The van der Waals surface area contributed by atoms with Crippen LogP contribution in [0.5, 0.6) is 5.75 Å². The van der Waals surface area contributed by atoms with Crippen LogP contribution < -0.4 is 4.74 Å². The molecular weight excluding hydrogens is 370 g/mol. The van der Waals surface area contributed by atoms with Gasteiger partial charge in [0.2, 0.25) is 0 Å². The van der Waals surface area contributed by atoms with Crippen molar-refractivity contribution in [1.29, 1.82) is 0 Å². The van der Waals surface area contributed by atoms with Crippen LogP contribution >= 0.6 is 11.3 Å². The lowest BCUT2D eigenvalue weighted by atomic mass is 9.98. The highest BCUT2D eigenvalue weighted by Crippen LogP contribution is 2.37. The molecule has 4 nitrogen and oxygen atoms in total. The zero-order valence-electron chi connectivity index (χ0n) is 16.1. The van der Waals surface area contributed by atoms with Crippen LogP contribution in [0, 0.1) is 13.8 Å². The average Bonchev–Trinajstić information content (AvgIpc) is 3.23. The maximum absolute atomic E-state index is 11.0. The van der Waals surface area contributed by atoms with Gasteiger partial charge in [-0.05, 0) is 55.9 Å². The summed E-state index contributed by atoms with van der Waals surface area (Å²) in [5.41, 5.74) is 5.74. The molecule has 0 amide bonds. The summed E-state index contributed by atoms with van der Waals surface area (Å²) in [5.74, 6) is 0.227. The number of nitrogens with zero attached hydrogens (tertiary/aromatic N) is 1. The number of carboxylic acid groups (broad SMARTS) is 1. The maximum Gasteiger partial charge on any atom is 0.303 e. The number of hydrogen-bond acceptors (Lipinski definition) is 4. The highest BCUT2D eigenvalue weighted by molar-refractivity contribution is 7.15. The van der Waals surface area contributed by atoms with Gasteiger partial charge < -0.3 is 9.84 Å². The first kappa shape index (κ1) is 18.7. The lowest BCUT2D eigenvalue weighted by Crippen LogP contribution is -2.03. The van der Waals surface area contributed by atoms with Gasteiger partial charge >= 0.3 is 5.97 Å². The molecule has 1 unspecified atom stereocenters. The van der Waals surface area contributed by atoms with Crippen LogP contribution in [0.2, 0.25) is 0 Å². The van der Waals surface area contributed by atoms with Crippen LogP contribution in [-0.4, -0.2) is 16.1 Å². The molecule has 0 saturated carbocycles. The lowest BCUT2D eigenvalue weighted by Gasteiger charge is -2.10. The first-order valence-corrected chi connectivity index (χ1v) is 10.3. The summed E-state index contributed by atoms with van der Waals surface area (Å²) in [6, 6.07) is 14.5. The number of fused-ring (bicyclic) bond motifs is 1. The molecule has 0 aliphatic heterocycles. The standard InChI is InChI=1S/C23H23NO3S/c1-14-3-5-16(6-4-14)23-24-15(2)21(28-23)13-27-19-9-10-20-17(11-19)7-8-18(20)12-22(25)26/h3-6,9-11,18H,7-8,12-13H2,1-2H3,(H,25,26). The second kappa shape index (κ2) is 7.76. The Bertz CT molecular complexity index is 1010. The predicted molar refractivity (Wildman–Crippen MR) is 111 cm³/mol. The quantitative estimate of drug-likeness (QED) is 0.600. The van der Waals surface area contributed by atoms with Gasteiger partial charge in [-0.25, -0.2) is 4.98 Å². The fourth-order valence-electron chi connectivity index (χ4n) is 3.73. The molecular formula is C23H23NO3S. The van der Waals surface area contributed by atoms with E-state index in [-0.39, 0.29) is 12.3 Å². The van der Waals surface area contributed by atoms with Crippen molar-refractivity contribution in [2.75, 3.05) is 0 Å². The van der Waals surface area contributed by atoms with E-state index in [4.69, 9.17) is 14.8 Å². The molecule has 0 fully saturated rings. The number of hydrogen-bond donors (Lipinski definition) is 1. The van der Waals surface area contributed by atoms with Crippen molar-refractivity contribution in [3.8, 4) is 16.3 Å². The average molecular weight is 394 g/mol. The Morgan fingerprint density at radius 3 is 2.75 bits per heavy atom. The number of aryl methyl sites for hydroxylation is 3. The molecule has 3 aromatic rings. The minimum absolute atomic E-state index is 0.127. The highest BCUT2D eigenvalue weighted by atomic mass is 32.1. The van der Waals surface area contributed by atoms with Gasteiger partial charge in [0.15, 0.2) is 0 Å². The fourth-order valence-corrected chi connectivity index (χ4v) is 4.71. The van der Waals surface area contributed by atoms with E-state index in [2.05, 4.69) is 37.3 Å². The normalized spacial score (nSPS) is 15.4. The van der Waals surface area contributed by atoms with Crippen LogP contribution in [0.3, 0.4) is 0 Å². The largest absolute Gasteiger partial charge is 0.488 e. The van der Waals surface area contributed by atoms with E-state index >= 15 is 0 Å². The number of thiazole rings is 1. The summed E-state index contributed by atoms with van der Waals surface area (Å²) in [6.45, 7) is 4.59. The van der Waals surface area contributed by atoms with E-state index in [9.17, 15) is 4.79 Å². The topological polar surface area (TPSA) is 59.4 Å². The molecule has 1 atom stereocenters. The van der Waals surface area contributed by atoms with Gasteiger partial charge in [-0.15, -0.1) is 11.3 Å². The number of ether oxygens (including phenoxy) is 1. The second-order valence-corrected chi connectivity index (χ2v) is 8.46. The smallest absolute Gasteiger partial charge is 0.303 e. The third kappa shape index (κ3) is 3.94. The molecule has 2 aromatic carbocycles. The predicted octanol–water partition coefficient (Wildman–Crippen LogP) is 5.51. The van der Waals surface area contributed by atoms with Gasteiger partial charge in [0, 0.05) is 5.56 Å². The Hall–Kier alpha value is -2.66. The zero-order chi connectivity index (χ0) is 19.7. The molecule has 0 saturated heterocycles. The third-order valence-corrected chi connectivity index (χ3v) is 6.48. The van der Waals surface area contributed by atoms with Crippen molar-refractivity contribution in [3.63, 3.8) is 0 Å². The Kier molecular flexibility index (Phi) is 5.18. The molecule has 1 heterocycles. The summed E-state index contributed by atoms with van der Waals surface area (Å²) in [7, 11) is 0. The van der Waals surface area contributed by atoms with Gasteiger partial charge in [0.1, 0.15) is 17.4 Å². The number of carbonyl (C=O) groups is 1. The van der Waals surface area contributed by atoms with Crippen molar-refractivity contribution in [2.24, 2.45) is 0 Å². The van der Waals surface area contributed by atoms with Crippen molar-refractivity contribution >= 4 is 17.3 Å². The van der Waals surface area contributed by atoms with E-state index < -0.39 is 5.97 Å². The maximum atomic E-state index is 11.0. The molecule has 5 heteroatoms. The Labute approximate surface area is 168 Å². The highest BCUT2D eigenvalue weighted by Gasteiger charge is 2.25. The molecule has 4 rings (SSSR count). The van der Waals surface area contributed by atoms with Crippen LogP contribution in [0.4, 0.5) is 0 Å². The molecule has 1 aromatic heterocycles. The molecule has 1 N–H and O–H groups in total. The first-order chi connectivity index (χ1) is 13.5. The molecule has 28 heavy (non-hydrogen) atoms. The molecule has 1 aliphatic carbocycles. The van der Waals surface area contributed by atoms with Crippen LogP contribution in [0.1, 0.15) is 46.0 Å². The van der Waals surface area contributed by atoms with Crippen molar-refractivity contribution in [1.82, 2.24) is 4.98 Å². The number of aromatic nitrogens is 1. The number of benzene rings is 2. The summed E-state index contributed by atoms with van der Waals surface area (Å²) < 4.78 is 6.04. The van der Waals surface area contributed by atoms with Crippen LogP contribution in [-0.2, 0) is 17.8 Å². The SMILES string of the molecule is Cc1ccc(-c2nc(C)c(COc3ccc4c(c3)CCC4CC(=O)O)s2)cc1. The fraction of sp³-hybridized carbons (Fsp3) is 0.304. The van der Waals surface area contributed by atoms with Gasteiger partial charge in [-0.2, -0.15) is 0 Å². The van der Waals surface area contributed by atoms with Crippen LogP contribution in [0.15, 0.2) is 42.5 Å². The number of aliphatic carboxylic acids is 1. The number of carboxylic acids is 1. The Morgan fingerprint density at radius 2 is 2.00 bits per heavy atom. The van der Waals surface area contributed by atoms with E-state index in [1.54, 1.807) is 11.3 Å². The summed E-state index contributed by atoms with van der Waals surface area (Å²) in [5, 5.41) is 10.1. The zero-order valence-corrected chi connectivity index (χ0v) is 16.9. The van der Waals surface area contributed by atoms with Crippen LogP contribution in [0.25, 0.3) is 10.6 Å². The molecule has 0 spiro atoms. The minimum atomic E-state index is -0.733. The van der Waals surface area contributed by atoms with Crippen molar-refractivity contribution < 1.29 is 14.6 Å². The molecule has 0 radical (unpaired) electrons.